The number of alkyl halides is 1. The predicted octanol–water partition coefficient (Wildman–Crippen LogP) is 3.84. The van der Waals surface area contributed by atoms with Crippen LogP contribution in [0.2, 0.25) is 0 Å². The third-order valence-electron chi connectivity index (χ3n) is 4.79. The number of aryl methyl sites for hydroxylation is 1. The lowest BCUT2D eigenvalue weighted by molar-refractivity contribution is 0.331. The highest BCUT2D eigenvalue weighted by Gasteiger charge is 2.21. The Morgan fingerprint density at radius 3 is 2.52 bits per heavy atom. The van der Waals surface area contributed by atoms with Crippen LogP contribution in [-0.4, -0.2) is 14.5 Å². The van der Waals surface area contributed by atoms with Crippen molar-refractivity contribution in [3.05, 3.63) is 45.1 Å². The molecule has 0 saturated heterocycles. The number of unbranched alkanes of at least 4 members (excludes halogenated alkanes) is 1. The fraction of sp³-hybridized carbons (Fsp3) is 0.556. The second kappa shape index (κ2) is 7.47. The van der Waals surface area contributed by atoms with Crippen LogP contribution in [0.25, 0.3) is 10.9 Å². The molecular formula is C18H23BrN2O2. The van der Waals surface area contributed by atoms with Gasteiger partial charge in [-0.2, -0.15) is 0 Å². The van der Waals surface area contributed by atoms with Crippen LogP contribution in [0.1, 0.15) is 51.0 Å². The number of hydrogen-bond donors (Lipinski definition) is 0. The van der Waals surface area contributed by atoms with Gasteiger partial charge < -0.3 is 0 Å². The quantitative estimate of drug-likeness (QED) is 0.585. The van der Waals surface area contributed by atoms with Crippen LogP contribution in [0.5, 0.6) is 0 Å². The van der Waals surface area contributed by atoms with Gasteiger partial charge in [-0.1, -0.05) is 47.3 Å². The van der Waals surface area contributed by atoms with E-state index in [1.165, 1.54) is 11.0 Å². The normalized spacial score (nSPS) is 16.0. The van der Waals surface area contributed by atoms with Crippen molar-refractivity contribution in [1.29, 1.82) is 0 Å². The van der Waals surface area contributed by atoms with E-state index in [0.29, 0.717) is 11.9 Å². The number of hydrogen-bond acceptors (Lipinski definition) is 2. The van der Waals surface area contributed by atoms with E-state index in [2.05, 4.69) is 15.9 Å². The zero-order valence-corrected chi connectivity index (χ0v) is 14.9. The zero-order chi connectivity index (χ0) is 16.2. The van der Waals surface area contributed by atoms with Gasteiger partial charge in [-0.3, -0.25) is 13.9 Å². The summed E-state index contributed by atoms with van der Waals surface area (Å²) >= 11 is 3.44. The molecule has 3 rings (SSSR count). The molecule has 0 aliphatic heterocycles. The minimum Gasteiger partial charge on any atom is -0.293 e. The van der Waals surface area contributed by atoms with E-state index in [0.717, 1.165) is 49.4 Å². The first-order chi connectivity index (χ1) is 11.2. The van der Waals surface area contributed by atoms with Gasteiger partial charge in [0.05, 0.1) is 10.9 Å². The maximum absolute atomic E-state index is 13.0. The number of halogens is 1. The lowest BCUT2D eigenvalue weighted by Gasteiger charge is -2.24. The summed E-state index contributed by atoms with van der Waals surface area (Å²) in [5, 5.41) is 1.60. The molecule has 0 atom stereocenters. The molecular weight excluding hydrogens is 356 g/mol. The first-order valence-electron chi connectivity index (χ1n) is 8.54. The summed E-state index contributed by atoms with van der Waals surface area (Å²) in [6.07, 6.45) is 7.24. The molecule has 0 N–H and O–H groups in total. The highest BCUT2D eigenvalue weighted by molar-refractivity contribution is 9.09. The molecule has 4 nitrogen and oxygen atoms in total. The van der Waals surface area contributed by atoms with Gasteiger partial charge in [0.25, 0.3) is 5.56 Å². The van der Waals surface area contributed by atoms with Crippen molar-refractivity contribution < 1.29 is 0 Å². The van der Waals surface area contributed by atoms with Gasteiger partial charge in [-0.05, 0) is 37.8 Å². The predicted molar refractivity (Wildman–Crippen MR) is 97.6 cm³/mol. The van der Waals surface area contributed by atoms with Crippen LogP contribution in [0, 0.1) is 0 Å². The molecule has 1 aromatic carbocycles. The number of rotatable bonds is 5. The first-order valence-corrected chi connectivity index (χ1v) is 9.66. The summed E-state index contributed by atoms with van der Waals surface area (Å²) < 4.78 is 3.34. The fourth-order valence-corrected chi connectivity index (χ4v) is 3.98. The molecule has 1 aliphatic rings. The van der Waals surface area contributed by atoms with Crippen LogP contribution in [0.15, 0.2) is 33.9 Å². The molecule has 1 fully saturated rings. The molecule has 0 amide bonds. The summed E-state index contributed by atoms with van der Waals surface area (Å²) in [4.78, 5) is 25.9. The van der Waals surface area contributed by atoms with E-state index in [1.54, 1.807) is 4.57 Å². The molecule has 0 unspecified atom stereocenters. The third-order valence-corrected chi connectivity index (χ3v) is 5.35. The first kappa shape index (κ1) is 16.5. The molecule has 0 bridgehead atoms. The van der Waals surface area contributed by atoms with E-state index >= 15 is 0 Å². The Morgan fingerprint density at radius 2 is 1.78 bits per heavy atom. The van der Waals surface area contributed by atoms with Gasteiger partial charge in [-0.15, -0.1) is 0 Å². The number of para-hydroxylation sites is 1. The van der Waals surface area contributed by atoms with Gasteiger partial charge in [-0.25, -0.2) is 4.79 Å². The molecule has 23 heavy (non-hydrogen) atoms. The van der Waals surface area contributed by atoms with Gasteiger partial charge in [0.1, 0.15) is 0 Å². The van der Waals surface area contributed by atoms with E-state index < -0.39 is 0 Å². The fourth-order valence-electron chi connectivity index (χ4n) is 3.58. The van der Waals surface area contributed by atoms with Crippen LogP contribution in [0.4, 0.5) is 0 Å². The van der Waals surface area contributed by atoms with Crippen molar-refractivity contribution in [2.75, 3.05) is 5.33 Å². The van der Waals surface area contributed by atoms with Crippen molar-refractivity contribution in [1.82, 2.24) is 9.13 Å². The van der Waals surface area contributed by atoms with Crippen LogP contribution in [-0.2, 0) is 6.54 Å². The average molecular weight is 379 g/mol. The highest BCUT2D eigenvalue weighted by Crippen LogP contribution is 2.26. The summed E-state index contributed by atoms with van der Waals surface area (Å²) in [7, 11) is 0. The molecule has 0 spiro atoms. The van der Waals surface area contributed by atoms with E-state index in [9.17, 15) is 9.59 Å². The monoisotopic (exact) mass is 378 g/mol. The maximum atomic E-state index is 13.0. The minimum absolute atomic E-state index is 0.0655. The molecule has 2 aromatic rings. The smallest absolute Gasteiger partial charge is 0.293 e. The Labute approximate surface area is 144 Å². The van der Waals surface area contributed by atoms with E-state index in [-0.39, 0.29) is 17.3 Å². The summed E-state index contributed by atoms with van der Waals surface area (Å²) in [6, 6.07) is 7.57. The maximum Gasteiger partial charge on any atom is 0.331 e. The highest BCUT2D eigenvalue weighted by atomic mass is 79.9. The van der Waals surface area contributed by atoms with Gasteiger partial charge in [0, 0.05) is 17.9 Å². The van der Waals surface area contributed by atoms with Gasteiger partial charge in [0.2, 0.25) is 0 Å². The van der Waals surface area contributed by atoms with Crippen molar-refractivity contribution in [2.45, 2.75) is 57.5 Å². The van der Waals surface area contributed by atoms with Crippen LogP contribution >= 0.6 is 15.9 Å². The van der Waals surface area contributed by atoms with Crippen molar-refractivity contribution in [3.8, 4) is 0 Å². The van der Waals surface area contributed by atoms with Gasteiger partial charge in [0.15, 0.2) is 0 Å². The number of aromatic nitrogens is 2. The lowest BCUT2D eigenvalue weighted by Crippen LogP contribution is -2.43. The molecule has 5 heteroatoms. The third kappa shape index (κ3) is 3.30. The zero-order valence-electron chi connectivity index (χ0n) is 13.3. The summed E-state index contributed by atoms with van der Waals surface area (Å²) in [5.41, 5.74) is 0.522. The van der Waals surface area contributed by atoms with Crippen molar-refractivity contribution in [3.63, 3.8) is 0 Å². The molecule has 1 aliphatic carbocycles. The minimum atomic E-state index is -0.129. The van der Waals surface area contributed by atoms with Crippen LogP contribution in [0.3, 0.4) is 0 Å². The summed E-state index contributed by atoms with van der Waals surface area (Å²) in [6.45, 7) is 0.665. The number of nitrogens with zero attached hydrogens (tertiary/aromatic N) is 2. The standard InChI is InChI=1S/C18H23BrN2O2/c19-12-6-7-13-20-16-11-5-4-10-15(16)17(22)21(18(20)23)14-8-2-1-3-9-14/h4-5,10-11,14H,1-3,6-9,12-13H2. The van der Waals surface area contributed by atoms with E-state index in [4.69, 9.17) is 0 Å². The Morgan fingerprint density at radius 1 is 1.04 bits per heavy atom. The second-order valence-electron chi connectivity index (χ2n) is 6.31. The molecule has 124 valence electrons. The molecule has 0 radical (unpaired) electrons. The number of benzene rings is 1. The Bertz CT molecular complexity index is 788. The van der Waals surface area contributed by atoms with Crippen LogP contribution < -0.4 is 11.2 Å². The Balaban J connectivity index is 2.15. The average Bonchev–Trinajstić information content (AvgIpc) is 2.59. The van der Waals surface area contributed by atoms with Crippen molar-refractivity contribution in [2.24, 2.45) is 0 Å². The molecule has 1 aromatic heterocycles. The topological polar surface area (TPSA) is 44.0 Å². The second-order valence-corrected chi connectivity index (χ2v) is 7.11. The van der Waals surface area contributed by atoms with Crippen molar-refractivity contribution >= 4 is 26.8 Å². The number of fused-ring (bicyclic) bond motifs is 1. The summed E-state index contributed by atoms with van der Waals surface area (Å²) in [5.74, 6) is 0. The Kier molecular flexibility index (Phi) is 5.36. The van der Waals surface area contributed by atoms with Gasteiger partial charge >= 0.3 is 5.69 Å². The largest absolute Gasteiger partial charge is 0.331 e. The van der Waals surface area contributed by atoms with E-state index in [1.807, 2.05) is 24.3 Å². The molecule has 1 heterocycles. The molecule has 1 saturated carbocycles. The Hall–Kier alpha value is -1.36. The lowest BCUT2D eigenvalue weighted by atomic mass is 9.95. The SMILES string of the molecule is O=c1c2ccccc2n(CCCCBr)c(=O)n1C1CCCCC1.